The van der Waals surface area contributed by atoms with Gasteiger partial charge in [-0.1, -0.05) is 11.6 Å². The average Bonchev–Trinajstić information content (AvgIpc) is 2.85. The zero-order valence-electron chi connectivity index (χ0n) is 16.2. The fraction of sp³-hybridized carbons (Fsp3) is 0.600. The molecule has 1 aromatic heterocycles. The smallest absolute Gasteiger partial charge is 0.258 e. The Kier molecular flexibility index (Phi) is 6.23. The Morgan fingerprint density at radius 3 is 2.64 bits per heavy atom. The van der Waals surface area contributed by atoms with Crippen LogP contribution in [0.25, 0.3) is 0 Å². The van der Waals surface area contributed by atoms with Crippen molar-refractivity contribution in [2.45, 2.75) is 64.0 Å². The van der Waals surface area contributed by atoms with Gasteiger partial charge < -0.3 is 10.0 Å². The Morgan fingerprint density at radius 1 is 1.39 bits per heavy atom. The Bertz CT molecular complexity index is 815. The van der Waals surface area contributed by atoms with Crippen LogP contribution in [-0.4, -0.2) is 44.2 Å². The van der Waals surface area contributed by atoms with E-state index in [2.05, 4.69) is 9.88 Å². The van der Waals surface area contributed by atoms with E-state index in [4.69, 9.17) is 34.2 Å². The molecular weight excluding hydrogens is 396 g/mol. The third kappa shape index (κ3) is 3.73. The Balaban J connectivity index is 1.81. The van der Waals surface area contributed by atoms with E-state index in [9.17, 15) is 4.79 Å². The highest BCUT2D eigenvalue weighted by Gasteiger charge is 2.52. The Morgan fingerprint density at radius 2 is 2.07 bits per heavy atom. The van der Waals surface area contributed by atoms with Gasteiger partial charge in [0.1, 0.15) is 11.6 Å². The molecule has 0 atom stereocenters. The van der Waals surface area contributed by atoms with Crippen LogP contribution in [0.5, 0.6) is 0 Å². The lowest BCUT2D eigenvalue weighted by molar-refractivity contribution is -0.124. The molecule has 1 saturated carbocycles. The second-order valence-corrected chi connectivity index (χ2v) is 8.80. The van der Waals surface area contributed by atoms with E-state index in [1.807, 2.05) is 19.9 Å². The topological polar surface area (TPSA) is 80.5 Å². The fourth-order valence-electron chi connectivity index (χ4n) is 4.35. The second-order valence-electron chi connectivity index (χ2n) is 8.03. The van der Waals surface area contributed by atoms with Gasteiger partial charge in [-0.3, -0.25) is 9.69 Å². The number of nitrogens with zero attached hydrogens (tertiary/aromatic N) is 4. The number of aromatic nitrogens is 1. The summed E-state index contributed by atoms with van der Waals surface area (Å²) < 4.78 is 0. The van der Waals surface area contributed by atoms with E-state index < -0.39 is 5.54 Å². The van der Waals surface area contributed by atoms with Gasteiger partial charge in [-0.25, -0.2) is 4.98 Å². The summed E-state index contributed by atoms with van der Waals surface area (Å²) in [6.45, 7) is 4.05. The number of amides is 1. The van der Waals surface area contributed by atoms with Gasteiger partial charge in [-0.15, -0.1) is 0 Å². The first-order chi connectivity index (χ1) is 13.3. The zero-order valence-corrected chi connectivity index (χ0v) is 17.8. The maximum atomic E-state index is 13.2. The quantitative estimate of drug-likeness (QED) is 0.732. The largest absolute Gasteiger partial charge is 0.396 e. The van der Waals surface area contributed by atoms with E-state index in [0.29, 0.717) is 16.7 Å². The molecule has 1 saturated heterocycles. The molecule has 2 heterocycles. The minimum absolute atomic E-state index is 0.109. The second kappa shape index (κ2) is 8.32. The molecule has 150 valence electrons. The maximum Gasteiger partial charge on any atom is 0.258 e. The summed E-state index contributed by atoms with van der Waals surface area (Å²) in [4.78, 5) is 20.8. The number of aliphatic hydroxyl groups excluding tert-OH is 1. The molecule has 28 heavy (non-hydrogen) atoms. The van der Waals surface area contributed by atoms with Crippen molar-refractivity contribution < 1.29 is 9.90 Å². The van der Waals surface area contributed by atoms with Crippen LogP contribution >= 0.6 is 23.8 Å². The summed E-state index contributed by atoms with van der Waals surface area (Å²) >= 11 is 11.8. The number of carbonyl (C=O) groups excluding carboxylic acids is 1. The van der Waals surface area contributed by atoms with Crippen molar-refractivity contribution in [2.24, 2.45) is 5.92 Å². The summed E-state index contributed by atoms with van der Waals surface area (Å²) in [6.07, 6.45) is 7.50. The van der Waals surface area contributed by atoms with Crippen LogP contribution in [-0.2, 0) is 4.79 Å². The molecular formula is C20H25ClN4O2S. The van der Waals surface area contributed by atoms with E-state index in [0.717, 1.165) is 38.5 Å². The number of aliphatic hydroxyl groups is 1. The number of nitriles is 1. The first kappa shape index (κ1) is 21.0. The number of pyridine rings is 1. The van der Waals surface area contributed by atoms with Crippen LogP contribution < -0.4 is 4.90 Å². The number of anilines is 1. The van der Waals surface area contributed by atoms with Crippen LogP contribution in [0.2, 0.25) is 5.02 Å². The predicted octanol–water partition coefficient (Wildman–Crippen LogP) is 3.65. The molecule has 0 unspecified atom stereocenters. The van der Waals surface area contributed by atoms with Gasteiger partial charge in [0.25, 0.3) is 5.91 Å². The van der Waals surface area contributed by atoms with Gasteiger partial charge in [-0.05, 0) is 76.6 Å². The number of thiocarbonyl (C=S) groups is 1. The fourth-order valence-corrected chi connectivity index (χ4v) is 5.12. The van der Waals surface area contributed by atoms with Crippen LogP contribution in [0.1, 0.15) is 58.1 Å². The van der Waals surface area contributed by atoms with Crippen LogP contribution in [0, 0.1) is 17.2 Å². The normalized spacial score (nSPS) is 24.5. The molecule has 0 bridgehead atoms. The van der Waals surface area contributed by atoms with Crippen molar-refractivity contribution in [1.82, 2.24) is 9.88 Å². The molecule has 2 aliphatic rings. The molecule has 1 aliphatic carbocycles. The van der Waals surface area contributed by atoms with E-state index in [-0.39, 0.29) is 29.3 Å². The maximum absolute atomic E-state index is 13.2. The number of hydrogen-bond donors (Lipinski definition) is 1. The van der Waals surface area contributed by atoms with Gasteiger partial charge in [0.05, 0.1) is 16.9 Å². The first-order valence-corrected chi connectivity index (χ1v) is 10.4. The molecule has 8 heteroatoms. The molecule has 0 aromatic carbocycles. The molecule has 1 aliphatic heterocycles. The van der Waals surface area contributed by atoms with E-state index >= 15 is 0 Å². The molecule has 0 radical (unpaired) electrons. The zero-order chi connectivity index (χ0) is 20.5. The summed E-state index contributed by atoms with van der Waals surface area (Å²) in [5.74, 6) is 0.526. The standard InChI is InChI=1S/C20H25ClN4O2S/c1-20(2)18(27)24(15-10-16(21)17(11-22)23-12-15)19(28)25(20)14-7-5-13(6-8-14)4-3-9-26/h10,12-14,26H,3-9H2,1-2H3/t13-,14-. The van der Waals surface area contributed by atoms with Crippen LogP contribution in [0.15, 0.2) is 12.3 Å². The highest BCUT2D eigenvalue weighted by Crippen LogP contribution is 2.39. The molecule has 0 spiro atoms. The average molecular weight is 421 g/mol. The third-order valence-corrected chi connectivity index (χ3v) is 6.54. The van der Waals surface area contributed by atoms with Crippen LogP contribution in [0.4, 0.5) is 5.69 Å². The summed E-state index contributed by atoms with van der Waals surface area (Å²) in [7, 11) is 0. The van der Waals surface area contributed by atoms with Crippen molar-refractivity contribution in [2.75, 3.05) is 11.5 Å². The highest BCUT2D eigenvalue weighted by molar-refractivity contribution is 7.80. The lowest BCUT2D eigenvalue weighted by atomic mass is 9.82. The van der Waals surface area contributed by atoms with Crippen molar-refractivity contribution in [3.05, 3.63) is 23.0 Å². The SMILES string of the molecule is CC1(C)C(=O)N(c2cnc(C#N)c(Cl)c2)C(=S)N1[C@H]1CC[C@H](CCCO)CC1. The lowest BCUT2D eigenvalue weighted by Gasteiger charge is -2.41. The molecule has 2 fully saturated rings. The monoisotopic (exact) mass is 420 g/mol. The third-order valence-electron chi connectivity index (χ3n) is 5.87. The van der Waals surface area contributed by atoms with Gasteiger partial charge in [0.15, 0.2) is 10.8 Å². The summed E-state index contributed by atoms with van der Waals surface area (Å²) in [5.41, 5.74) is -0.133. The van der Waals surface area contributed by atoms with E-state index in [1.54, 1.807) is 6.07 Å². The lowest BCUT2D eigenvalue weighted by Crippen LogP contribution is -2.51. The van der Waals surface area contributed by atoms with Gasteiger partial charge in [0.2, 0.25) is 0 Å². The number of halogens is 1. The van der Waals surface area contributed by atoms with Crippen molar-refractivity contribution >= 4 is 40.5 Å². The van der Waals surface area contributed by atoms with E-state index in [1.165, 1.54) is 11.1 Å². The van der Waals surface area contributed by atoms with Crippen molar-refractivity contribution in [3.8, 4) is 6.07 Å². The molecule has 6 nitrogen and oxygen atoms in total. The van der Waals surface area contributed by atoms with Gasteiger partial charge in [0, 0.05) is 12.6 Å². The van der Waals surface area contributed by atoms with Crippen molar-refractivity contribution in [1.29, 1.82) is 5.26 Å². The first-order valence-electron chi connectivity index (χ1n) is 9.65. The summed E-state index contributed by atoms with van der Waals surface area (Å²) in [5, 5.41) is 18.7. The minimum Gasteiger partial charge on any atom is -0.396 e. The number of rotatable bonds is 5. The molecule has 1 aromatic rings. The Labute approximate surface area is 176 Å². The Hall–Kier alpha value is -1.75. The van der Waals surface area contributed by atoms with Crippen LogP contribution in [0.3, 0.4) is 0 Å². The predicted molar refractivity (Wildman–Crippen MR) is 112 cm³/mol. The minimum atomic E-state index is -0.750. The highest BCUT2D eigenvalue weighted by atomic mass is 35.5. The van der Waals surface area contributed by atoms with Crippen molar-refractivity contribution in [3.63, 3.8) is 0 Å². The molecule has 1 N–H and O–H groups in total. The summed E-state index contributed by atoms with van der Waals surface area (Å²) in [6, 6.07) is 3.71. The van der Waals surface area contributed by atoms with Gasteiger partial charge in [-0.2, -0.15) is 5.26 Å². The molecule has 1 amide bonds. The number of hydrogen-bond acceptors (Lipinski definition) is 5. The molecule has 3 rings (SSSR count). The number of carbonyl (C=O) groups is 1. The van der Waals surface area contributed by atoms with Gasteiger partial charge >= 0.3 is 0 Å².